The first-order valence-corrected chi connectivity index (χ1v) is 9.15. The van der Waals surface area contributed by atoms with Crippen LogP contribution in [-0.4, -0.2) is 42.7 Å². The van der Waals surface area contributed by atoms with Crippen LogP contribution < -0.4 is 5.73 Å². The van der Waals surface area contributed by atoms with Gasteiger partial charge in [-0.1, -0.05) is 0 Å². The molecule has 2 aromatic rings. The van der Waals surface area contributed by atoms with Gasteiger partial charge in [0.15, 0.2) is 11.6 Å². The molecule has 0 bridgehead atoms. The van der Waals surface area contributed by atoms with E-state index in [1.165, 1.54) is 12.1 Å². The fraction of sp³-hybridized carbons (Fsp3) is 0.400. The summed E-state index contributed by atoms with van der Waals surface area (Å²) >= 11 is 0. The average molecular weight is 370 g/mol. The van der Waals surface area contributed by atoms with E-state index in [1.54, 1.807) is 19.2 Å². The molecule has 0 radical (unpaired) electrons. The highest BCUT2D eigenvalue weighted by Crippen LogP contribution is 2.35. The van der Waals surface area contributed by atoms with Crippen LogP contribution in [-0.2, 0) is 9.47 Å². The molecule has 2 aliphatic rings. The van der Waals surface area contributed by atoms with Crippen molar-refractivity contribution < 1.29 is 13.9 Å². The highest BCUT2D eigenvalue weighted by molar-refractivity contribution is 5.95. The van der Waals surface area contributed by atoms with Gasteiger partial charge in [-0.3, -0.25) is 4.99 Å². The Hall–Kier alpha value is -2.67. The van der Waals surface area contributed by atoms with Crippen LogP contribution in [0.25, 0.3) is 11.4 Å². The molecule has 0 saturated carbocycles. The summed E-state index contributed by atoms with van der Waals surface area (Å²) in [6.45, 7) is 2.01. The van der Waals surface area contributed by atoms with Crippen molar-refractivity contribution in [2.45, 2.75) is 24.7 Å². The molecule has 7 heteroatoms. The number of H-pyrrole nitrogens is 1. The van der Waals surface area contributed by atoms with Crippen molar-refractivity contribution in [3.63, 3.8) is 0 Å². The van der Waals surface area contributed by atoms with Gasteiger partial charge >= 0.3 is 0 Å². The molecule has 0 aliphatic carbocycles. The topological polar surface area (TPSA) is 85.5 Å². The van der Waals surface area contributed by atoms with Crippen LogP contribution >= 0.6 is 0 Å². The predicted molar refractivity (Wildman–Crippen MR) is 101 cm³/mol. The van der Waals surface area contributed by atoms with Gasteiger partial charge in [-0.25, -0.2) is 9.37 Å². The number of nitrogens with two attached hydrogens (primary N) is 1. The van der Waals surface area contributed by atoms with Crippen molar-refractivity contribution in [1.29, 1.82) is 0 Å². The van der Waals surface area contributed by atoms with Crippen molar-refractivity contribution in [3.05, 3.63) is 53.3 Å². The van der Waals surface area contributed by atoms with Crippen molar-refractivity contribution in [1.82, 2.24) is 9.97 Å². The van der Waals surface area contributed by atoms with Crippen LogP contribution in [0.1, 0.15) is 36.1 Å². The molecule has 0 spiro atoms. The minimum atomic E-state index is -0.264. The first kappa shape index (κ1) is 17.7. The maximum atomic E-state index is 13.3. The maximum Gasteiger partial charge on any atom is 0.161 e. The Balaban J connectivity index is 1.74. The summed E-state index contributed by atoms with van der Waals surface area (Å²) in [6, 6.07) is 6.36. The molecular weight excluding hydrogens is 347 g/mol. The quantitative estimate of drug-likeness (QED) is 0.866. The number of hydrogen-bond donors (Lipinski definition) is 2. The van der Waals surface area contributed by atoms with Gasteiger partial charge in [-0.05, 0) is 43.2 Å². The molecule has 4 rings (SSSR count). The number of aromatic amines is 1. The van der Waals surface area contributed by atoms with Crippen LogP contribution in [0, 0.1) is 5.82 Å². The number of nitrogens with zero attached hydrogens (tertiary/aromatic N) is 2. The SMILES string of the molecule is COC1=CC(c2[nH]c(-c3ccc(F)cc3)nc2C2CCOCC2)CN=C1N. The van der Waals surface area contributed by atoms with E-state index in [1.807, 2.05) is 6.08 Å². The second-order valence-electron chi connectivity index (χ2n) is 6.85. The Morgan fingerprint density at radius 2 is 1.96 bits per heavy atom. The lowest BCUT2D eigenvalue weighted by atomic mass is 9.90. The number of amidine groups is 1. The van der Waals surface area contributed by atoms with Crippen LogP contribution in [0.5, 0.6) is 0 Å². The van der Waals surface area contributed by atoms with Gasteiger partial charge in [0.2, 0.25) is 0 Å². The summed E-state index contributed by atoms with van der Waals surface area (Å²) in [7, 11) is 1.59. The molecule has 1 atom stereocenters. The predicted octanol–water partition coefficient (Wildman–Crippen LogP) is 3.09. The van der Waals surface area contributed by atoms with E-state index in [2.05, 4.69) is 9.98 Å². The lowest BCUT2D eigenvalue weighted by Crippen LogP contribution is -2.24. The van der Waals surface area contributed by atoms with E-state index < -0.39 is 0 Å². The van der Waals surface area contributed by atoms with E-state index in [4.69, 9.17) is 20.2 Å². The lowest BCUT2D eigenvalue weighted by Gasteiger charge is -2.24. The van der Waals surface area contributed by atoms with E-state index in [9.17, 15) is 4.39 Å². The standard InChI is InChI=1S/C20H23FN4O2/c1-26-16-10-14(11-23-19(16)22)18-17(12-6-8-27-9-7-12)24-20(25-18)13-2-4-15(21)5-3-13/h2-5,10,12,14H,6-9,11H2,1H3,(H2,22,23)(H,24,25). The van der Waals surface area contributed by atoms with Crippen molar-refractivity contribution in [2.24, 2.45) is 10.7 Å². The average Bonchev–Trinajstić information content (AvgIpc) is 3.15. The molecule has 0 amide bonds. The molecule has 1 aromatic carbocycles. The van der Waals surface area contributed by atoms with E-state index in [0.29, 0.717) is 24.1 Å². The summed E-state index contributed by atoms with van der Waals surface area (Å²) in [5, 5.41) is 0. The zero-order chi connectivity index (χ0) is 18.8. The smallest absolute Gasteiger partial charge is 0.161 e. The Morgan fingerprint density at radius 1 is 1.22 bits per heavy atom. The summed E-state index contributed by atoms with van der Waals surface area (Å²) in [5.74, 6) is 1.80. The van der Waals surface area contributed by atoms with Crippen LogP contribution in [0.3, 0.4) is 0 Å². The normalized spacial score (nSPS) is 20.9. The molecule has 3 heterocycles. The van der Waals surface area contributed by atoms with E-state index >= 15 is 0 Å². The fourth-order valence-electron chi connectivity index (χ4n) is 3.65. The van der Waals surface area contributed by atoms with Gasteiger partial charge < -0.3 is 20.2 Å². The van der Waals surface area contributed by atoms with Gasteiger partial charge in [0.05, 0.1) is 19.3 Å². The first-order valence-electron chi connectivity index (χ1n) is 9.15. The highest BCUT2D eigenvalue weighted by Gasteiger charge is 2.28. The van der Waals surface area contributed by atoms with Crippen molar-refractivity contribution in [3.8, 4) is 11.4 Å². The first-order chi connectivity index (χ1) is 13.2. The summed E-state index contributed by atoms with van der Waals surface area (Å²) in [6.07, 6.45) is 3.85. The maximum absolute atomic E-state index is 13.3. The summed E-state index contributed by atoms with van der Waals surface area (Å²) in [5.41, 5.74) is 8.81. The largest absolute Gasteiger partial charge is 0.493 e. The molecule has 27 heavy (non-hydrogen) atoms. The van der Waals surface area contributed by atoms with Crippen molar-refractivity contribution in [2.75, 3.05) is 26.9 Å². The third kappa shape index (κ3) is 3.60. The number of aliphatic imine (C=N–C) groups is 1. The van der Waals surface area contributed by atoms with Crippen LogP contribution in [0.15, 0.2) is 41.1 Å². The Labute approximate surface area is 157 Å². The zero-order valence-corrected chi connectivity index (χ0v) is 15.2. The van der Waals surface area contributed by atoms with Gasteiger partial charge in [0.25, 0.3) is 0 Å². The van der Waals surface area contributed by atoms with Gasteiger partial charge in [-0.2, -0.15) is 0 Å². The number of benzene rings is 1. The molecule has 1 fully saturated rings. The molecular formula is C20H23FN4O2. The number of nitrogens with one attached hydrogen (secondary N) is 1. The highest BCUT2D eigenvalue weighted by atomic mass is 19.1. The van der Waals surface area contributed by atoms with E-state index in [0.717, 1.165) is 48.8 Å². The lowest BCUT2D eigenvalue weighted by molar-refractivity contribution is 0.0844. The number of aromatic nitrogens is 2. The number of hydrogen-bond acceptors (Lipinski definition) is 5. The molecule has 142 valence electrons. The Kier molecular flexibility index (Phi) is 4.94. The number of rotatable bonds is 4. The molecule has 1 aromatic heterocycles. The third-order valence-electron chi connectivity index (χ3n) is 5.14. The molecule has 1 saturated heterocycles. The number of halogens is 1. The summed E-state index contributed by atoms with van der Waals surface area (Å²) in [4.78, 5) is 12.8. The minimum Gasteiger partial charge on any atom is -0.493 e. The Morgan fingerprint density at radius 3 is 2.67 bits per heavy atom. The van der Waals surface area contributed by atoms with Gasteiger partial charge in [0.1, 0.15) is 11.6 Å². The second kappa shape index (κ2) is 7.52. The van der Waals surface area contributed by atoms with Crippen molar-refractivity contribution >= 4 is 5.84 Å². The monoisotopic (exact) mass is 370 g/mol. The number of methoxy groups -OCH3 is 1. The fourth-order valence-corrected chi connectivity index (χ4v) is 3.65. The Bertz CT molecular complexity index is 867. The van der Waals surface area contributed by atoms with Gasteiger partial charge in [0, 0.05) is 36.3 Å². The molecule has 6 nitrogen and oxygen atoms in total. The van der Waals surface area contributed by atoms with Crippen LogP contribution in [0.4, 0.5) is 4.39 Å². The number of imidazole rings is 1. The van der Waals surface area contributed by atoms with Gasteiger partial charge in [-0.15, -0.1) is 0 Å². The third-order valence-corrected chi connectivity index (χ3v) is 5.14. The summed E-state index contributed by atoms with van der Waals surface area (Å²) < 4.78 is 24.2. The zero-order valence-electron chi connectivity index (χ0n) is 15.2. The molecule has 3 N–H and O–H groups in total. The molecule has 2 aliphatic heterocycles. The molecule has 1 unspecified atom stereocenters. The number of dihydropyridines is 1. The number of ether oxygens (including phenoxy) is 2. The van der Waals surface area contributed by atoms with E-state index in [-0.39, 0.29) is 11.7 Å². The van der Waals surface area contributed by atoms with Crippen LogP contribution in [0.2, 0.25) is 0 Å². The second-order valence-corrected chi connectivity index (χ2v) is 6.85. The minimum absolute atomic E-state index is 0.00629.